The molecule has 1 atom stereocenters. The predicted molar refractivity (Wildman–Crippen MR) is 108 cm³/mol. The average Bonchev–Trinajstić information content (AvgIpc) is 3.07. The van der Waals surface area contributed by atoms with Crippen LogP contribution in [-0.2, 0) is 33.6 Å². The van der Waals surface area contributed by atoms with Gasteiger partial charge in [-0.1, -0.05) is 0 Å². The standard InChI is InChI=1S/C19H28N4O10/c24-14-2-3-15(25)23(14)33-18(30)4-1-13(19(31)32)22-9-7-20(11-16(26)27)5-6-21(8-10-22)12-17(28)29/h13H,1-12H2,(H,26,27)(H,28,29)(H,31,32). The fraction of sp³-hybridized carbons (Fsp3) is 0.684. The molecule has 14 nitrogen and oxygen atoms in total. The molecular weight excluding hydrogens is 444 g/mol. The molecule has 2 saturated heterocycles. The Balaban J connectivity index is 2.04. The van der Waals surface area contributed by atoms with Crippen LogP contribution in [0.25, 0.3) is 0 Å². The summed E-state index contributed by atoms with van der Waals surface area (Å²) in [5, 5.41) is 28.4. The van der Waals surface area contributed by atoms with Crippen molar-refractivity contribution in [1.29, 1.82) is 0 Å². The van der Waals surface area contributed by atoms with Gasteiger partial charge in [-0.25, -0.2) is 4.79 Å². The molecule has 2 aliphatic rings. The van der Waals surface area contributed by atoms with Gasteiger partial charge in [0.05, 0.1) is 19.5 Å². The Morgan fingerprint density at radius 1 is 0.788 bits per heavy atom. The third kappa shape index (κ3) is 8.40. The fourth-order valence-electron chi connectivity index (χ4n) is 3.69. The van der Waals surface area contributed by atoms with Gasteiger partial charge in [0.25, 0.3) is 11.8 Å². The van der Waals surface area contributed by atoms with Crippen LogP contribution in [0.2, 0.25) is 0 Å². The Morgan fingerprint density at radius 3 is 1.67 bits per heavy atom. The van der Waals surface area contributed by atoms with E-state index in [-0.39, 0.29) is 65.0 Å². The lowest BCUT2D eigenvalue weighted by Gasteiger charge is -2.30. The summed E-state index contributed by atoms with van der Waals surface area (Å²) in [6.07, 6.45) is -0.668. The number of hydrogen-bond acceptors (Lipinski definition) is 10. The number of imide groups is 1. The van der Waals surface area contributed by atoms with Crippen LogP contribution in [0.5, 0.6) is 0 Å². The molecule has 2 aliphatic heterocycles. The molecule has 0 spiro atoms. The number of amides is 2. The van der Waals surface area contributed by atoms with Gasteiger partial charge < -0.3 is 20.2 Å². The normalized spacial score (nSPS) is 20.1. The second-order valence-corrected chi connectivity index (χ2v) is 7.81. The van der Waals surface area contributed by atoms with Gasteiger partial charge in [0.2, 0.25) is 0 Å². The summed E-state index contributed by atoms with van der Waals surface area (Å²) < 4.78 is 0. The van der Waals surface area contributed by atoms with Gasteiger partial charge in [0, 0.05) is 52.1 Å². The molecule has 0 saturated carbocycles. The van der Waals surface area contributed by atoms with E-state index in [1.165, 1.54) is 0 Å². The van der Waals surface area contributed by atoms with Gasteiger partial charge in [-0.2, -0.15) is 0 Å². The molecule has 0 aromatic rings. The molecule has 0 bridgehead atoms. The van der Waals surface area contributed by atoms with Crippen molar-refractivity contribution in [3.8, 4) is 0 Å². The summed E-state index contributed by atoms with van der Waals surface area (Å²) >= 11 is 0. The number of rotatable bonds is 10. The van der Waals surface area contributed by atoms with Crippen molar-refractivity contribution in [2.75, 3.05) is 52.4 Å². The molecule has 3 N–H and O–H groups in total. The molecule has 2 rings (SSSR count). The highest BCUT2D eigenvalue weighted by Gasteiger charge is 2.34. The van der Waals surface area contributed by atoms with Crippen molar-refractivity contribution in [1.82, 2.24) is 19.8 Å². The summed E-state index contributed by atoms with van der Waals surface area (Å²) in [5.74, 6) is -5.54. The highest BCUT2D eigenvalue weighted by atomic mass is 16.7. The maximum absolute atomic E-state index is 12.1. The molecule has 1 unspecified atom stereocenters. The number of carboxylic acid groups (broad SMARTS) is 3. The average molecular weight is 472 g/mol. The summed E-state index contributed by atoms with van der Waals surface area (Å²) in [7, 11) is 0. The van der Waals surface area contributed by atoms with E-state index < -0.39 is 41.7 Å². The largest absolute Gasteiger partial charge is 0.480 e. The van der Waals surface area contributed by atoms with E-state index in [4.69, 9.17) is 15.1 Å². The van der Waals surface area contributed by atoms with Crippen LogP contribution in [-0.4, -0.2) is 129 Å². The first-order valence-electron chi connectivity index (χ1n) is 10.5. The third-order valence-electron chi connectivity index (χ3n) is 5.40. The minimum absolute atomic E-state index is 0.0582. The molecule has 33 heavy (non-hydrogen) atoms. The van der Waals surface area contributed by atoms with Crippen molar-refractivity contribution in [3.05, 3.63) is 0 Å². The number of hydroxylamine groups is 2. The van der Waals surface area contributed by atoms with Crippen molar-refractivity contribution in [2.24, 2.45) is 0 Å². The first-order valence-corrected chi connectivity index (χ1v) is 10.5. The number of carbonyl (C=O) groups excluding carboxylic acids is 3. The molecule has 0 aromatic heterocycles. The van der Waals surface area contributed by atoms with Gasteiger partial charge in [0.15, 0.2) is 0 Å². The van der Waals surface area contributed by atoms with Gasteiger partial charge in [0.1, 0.15) is 6.04 Å². The second kappa shape index (κ2) is 12.2. The summed E-state index contributed by atoms with van der Waals surface area (Å²) in [4.78, 5) is 79.0. The number of carbonyl (C=O) groups is 6. The van der Waals surface area contributed by atoms with Crippen LogP contribution < -0.4 is 0 Å². The maximum Gasteiger partial charge on any atom is 0.333 e. The summed E-state index contributed by atoms with van der Waals surface area (Å²) in [6.45, 7) is 0.876. The summed E-state index contributed by atoms with van der Waals surface area (Å²) in [5.41, 5.74) is 0. The highest BCUT2D eigenvalue weighted by molar-refractivity contribution is 6.01. The minimum atomic E-state index is -1.22. The molecule has 2 heterocycles. The zero-order valence-electron chi connectivity index (χ0n) is 18.1. The third-order valence-corrected chi connectivity index (χ3v) is 5.40. The van der Waals surface area contributed by atoms with Crippen molar-refractivity contribution in [2.45, 2.75) is 31.7 Å². The van der Waals surface area contributed by atoms with Gasteiger partial charge in [-0.15, -0.1) is 5.06 Å². The Kier molecular flexibility index (Phi) is 9.69. The number of carboxylic acids is 3. The Morgan fingerprint density at radius 2 is 1.24 bits per heavy atom. The first kappa shape index (κ1) is 26.2. The van der Waals surface area contributed by atoms with E-state index >= 15 is 0 Å². The molecule has 2 amide bonds. The number of aliphatic carboxylic acids is 3. The molecule has 0 aliphatic carbocycles. The molecule has 0 aromatic carbocycles. The Labute approximate surface area is 189 Å². The smallest absolute Gasteiger partial charge is 0.333 e. The lowest BCUT2D eigenvalue weighted by atomic mass is 10.1. The summed E-state index contributed by atoms with van der Waals surface area (Å²) in [6, 6.07) is -1.14. The van der Waals surface area contributed by atoms with Gasteiger partial charge >= 0.3 is 23.9 Å². The van der Waals surface area contributed by atoms with Crippen LogP contribution in [0.1, 0.15) is 25.7 Å². The molecule has 2 fully saturated rings. The number of nitrogens with zero attached hydrogens (tertiary/aromatic N) is 4. The molecular formula is C19H28N4O10. The molecule has 184 valence electrons. The Hall–Kier alpha value is -3.10. The molecule has 0 radical (unpaired) electrons. The predicted octanol–water partition coefficient (Wildman–Crippen LogP) is -2.08. The van der Waals surface area contributed by atoms with Crippen molar-refractivity contribution >= 4 is 35.7 Å². The van der Waals surface area contributed by atoms with E-state index in [1.807, 2.05) is 0 Å². The SMILES string of the molecule is O=C(O)CN1CCN(CC(=O)O)CCN(C(CCC(=O)ON2C(=O)CCC2=O)C(=O)O)CC1. The van der Waals surface area contributed by atoms with E-state index in [0.29, 0.717) is 18.2 Å². The van der Waals surface area contributed by atoms with Crippen LogP contribution in [0, 0.1) is 0 Å². The maximum atomic E-state index is 12.1. The number of hydrogen-bond donors (Lipinski definition) is 3. The van der Waals surface area contributed by atoms with E-state index in [9.17, 15) is 33.9 Å². The van der Waals surface area contributed by atoms with Crippen LogP contribution >= 0.6 is 0 Å². The molecule has 14 heteroatoms. The van der Waals surface area contributed by atoms with E-state index in [1.54, 1.807) is 14.7 Å². The lowest BCUT2D eigenvalue weighted by Crippen LogP contribution is -2.47. The monoisotopic (exact) mass is 472 g/mol. The zero-order chi connectivity index (χ0) is 24.5. The van der Waals surface area contributed by atoms with E-state index in [0.717, 1.165) is 0 Å². The van der Waals surface area contributed by atoms with Crippen molar-refractivity contribution in [3.63, 3.8) is 0 Å². The first-order chi connectivity index (χ1) is 15.6. The minimum Gasteiger partial charge on any atom is -0.480 e. The second-order valence-electron chi connectivity index (χ2n) is 7.81. The quantitative estimate of drug-likeness (QED) is 0.294. The Bertz CT molecular complexity index is 745. The van der Waals surface area contributed by atoms with Gasteiger partial charge in [-0.3, -0.25) is 38.7 Å². The van der Waals surface area contributed by atoms with Crippen molar-refractivity contribution < 1.29 is 48.9 Å². The van der Waals surface area contributed by atoms with Gasteiger partial charge in [-0.05, 0) is 6.42 Å². The van der Waals surface area contributed by atoms with Crippen LogP contribution in [0.15, 0.2) is 0 Å². The zero-order valence-corrected chi connectivity index (χ0v) is 18.1. The van der Waals surface area contributed by atoms with Crippen LogP contribution in [0.3, 0.4) is 0 Å². The topological polar surface area (TPSA) is 185 Å². The fourth-order valence-corrected chi connectivity index (χ4v) is 3.69. The van der Waals surface area contributed by atoms with E-state index in [2.05, 4.69) is 0 Å². The van der Waals surface area contributed by atoms with Crippen LogP contribution in [0.4, 0.5) is 0 Å². The lowest BCUT2D eigenvalue weighted by molar-refractivity contribution is -0.197. The highest BCUT2D eigenvalue weighted by Crippen LogP contribution is 2.15.